The van der Waals surface area contributed by atoms with Gasteiger partial charge in [0.25, 0.3) is 0 Å². The standard InChI is InChI=1S/C28H47F2N5O6/c1-27(2,3)16-24(37)35-17-20-15-22(35)26(39)31-10-4-5-21(33-19-6-8-28(29,30)9-7-19)25(38)32-11-12-40-13-14-41-18-23(36)34-20/h19-22,33H,4-18H2,1-3H3,(H,31,39)(H,32,38)(H,34,36)/t20-,21+,22-/m1/s1. The van der Waals surface area contributed by atoms with Crippen LogP contribution < -0.4 is 21.3 Å². The van der Waals surface area contributed by atoms with Crippen LogP contribution in [0.5, 0.6) is 0 Å². The first-order valence-electron chi connectivity index (χ1n) is 14.8. The molecule has 2 heterocycles. The van der Waals surface area contributed by atoms with E-state index >= 15 is 0 Å². The van der Waals surface area contributed by atoms with E-state index in [2.05, 4.69) is 21.3 Å². The zero-order valence-corrected chi connectivity index (χ0v) is 24.6. The Morgan fingerprint density at radius 3 is 2.39 bits per heavy atom. The molecule has 1 saturated carbocycles. The van der Waals surface area contributed by atoms with Gasteiger partial charge < -0.3 is 35.6 Å². The van der Waals surface area contributed by atoms with Gasteiger partial charge in [-0.05, 0) is 37.5 Å². The van der Waals surface area contributed by atoms with Crippen LogP contribution >= 0.6 is 0 Å². The Labute approximate surface area is 241 Å². The summed E-state index contributed by atoms with van der Waals surface area (Å²) in [7, 11) is 0. The van der Waals surface area contributed by atoms with Gasteiger partial charge in [0.1, 0.15) is 12.6 Å². The van der Waals surface area contributed by atoms with Crippen LogP contribution in [0, 0.1) is 5.41 Å². The Kier molecular flexibility index (Phi) is 12.3. The van der Waals surface area contributed by atoms with Gasteiger partial charge in [0, 0.05) is 51.0 Å². The monoisotopic (exact) mass is 587 g/mol. The van der Waals surface area contributed by atoms with Crippen molar-refractivity contribution >= 4 is 23.6 Å². The van der Waals surface area contributed by atoms with E-state index in [0.29, 0.717) is 12.8 Å². The van der Waals surface area contributed by atoms with E-state index in [4.69, 9.17) is 9.47 Å². The molecule has 4 amide bonds. The lowest BCUT2D eigenvalue weighted by molar-refractivity contribution is -0.139. The first-order chi connectivity index (χ1) is 19.3. The zero-order chi connectivity index (χ0) is 30.0. The molecule has 41 heavy (non-hydrogen) atoms. The molecule has 0 aromatic carbocycles. The van der Waals surface area contributed by atoms with E-state index in [1.165, 1.54) is 0 Å². The molecular weight excluding hydrogens is 540 g/mol. The Hall–Kier alpha value is -2.38. The number of halogens is 2. The Morgan fingerprint density at radius 2 is 1.68 bits per heavy atom. The number of amides is 4. The number of hydrogen-bond donors (Lipinski definition) is 4. The number of carbonyl (C=O) groups excluding carboxylic acids is 4. The topological polar surface area (TPSA) is 138 Å². The van der Waals surface area contributed by atoms with Crippen molar-refractivity contribution in [3.63, 3.8) is 0 Å². The SMILES string of the molecule is CC(C)(C)CC(=O)N1C[C@H]2C[C@@H]1C(=O)NCCC[C@H](NC1CCC(F)(F)CC1)C(=O)NCCOCCOCC(=O)N2. The molecule has 3 atom stereocenters. The fourth-order valence-corrected chi connectivity index (χ4v) is 5.46. The molecule has 3 rings (SSSR count). The molecule has 0 aromatic heterocycles. The van der Waals surface area contributed by atoms with Crippen LogP contribution in [0.25, 0.3) is 0 Å². The van der Waals surface area contributed by atoms with Crippen LogP contribution in [0.3, 0.4) is 0 Å². The Balaban J connectivity index is 1.65. The van der Waals surface area contributed by atoms with Gasteiger partial charge in [-0.3, -0.25) is 19.2 Å². The number of alkyl halides is 2. The summed E-state index contributed by atoms with van der Waals surface area (Å²) < 4.78 is 38.1. The van der Waals surface area contributed by atoms with Gasteiger partial charge in [-0.1, -0.05) is 20.8 Å². The van der Waals surface area contributed by atoms with Crippen molar-refractivity contribution in [2.45, 2.75) is 102 Å². The molecule has 0 radical (unpaired) electrons. The summed E-state index contributed by atoms with van der Waals surface area (Å²) in [5, 5.41) is 11.8. The summed E-state index contributed by atoms with van der Waals surface area (Å²) in [6.07, 6.45) is 1.56. The molecule has 2 bridgehead atoms. The highest BCUT2D eigenvalue weighted by Gasteiger charge is 2.41. The van der Waals surface area contributed by atoms with Crippen LogP contribution in [0.15, 0.2) is 0 Å². The molecule has 11 nitrogen and oxygen atoms in total. The molecule has 234 valence electrons. The van der Waals surface area contributed by atoms with Crippen molar-refractivity contribution in [1.29, 1.82) is 0 Å². The van der Waals surface area contributed by atoms with Crippen LogP contribution in [0.4, 0.5) is 8.78 Å². The first kappa shape index (κ1) is 33.1. The van der Waals surface area contributed by atoms with Gasteiger partial charge in [0.05, 0.1) is 25.9 Å². The minimum absolute atomic E-state index is 0.153. The van der Waals surface area contributed by atoms with E-state index in [0.717, 1.165) is 0 Å². The average molecular weight is 588 g/mol. The predicted molar refractivity (Wildman–Crippen MR) is 147 cm³/mol. The number of likely N-dealkylation sites (tertiary alicyclic amines) is 1. The molecule has 3 fully saturated rings. The van der Waals surface area contributed by atoms with Crippen molar-refractivity contribution in [2.24, 2.45) is 5.41 Å². The molecule has 2 saturated heterocycles. The third-order valence-electron chi connectivity index (χ3n) is 7.56. The fraction of sp³-hybridized carbons (Fsp3) is 0.857. The van der Waals surface area contributed by atoms with Crippen molar-refractivity contribution in [3.05, 3.63) is 0 Å². The zero-order valence-electron chi connectivity index (χ0n) is 24.6. The van der Waals surface area contributed by atoms with Gasteiger partial charge in [-0.15, -0.1) is 0 Å². The van der Waals surface area contributed by atoms with Crippen LogP contribution in [0.1, 0.15) is 72.1 Å². The number of fused-ring (bicyclic) bond motifs is 2. The number of hydrogen-bond acceptors (Lipinski definition) is 7. The largest absolute Gasteiger partial charge is 0.377 e. The summed E-state index contributed by atoms with van der Waals surface area (Å²) in [6, 6.07) is -1.90. The normalized spacial score (nSPS) is 28.4. The third-order valence-corrected chi connectivity index (χ3v) is 7.56. The minimum atomic E-state index is -2.66. The van der Waals surface area contributed by atoms with Crippen molar-refractivity contribution in [2.75, 3.05) is 46.1 Å². The quantitative estimate of drug-likeness (QED) is 0.388. The fourth-order valence-electron chi connectivity index (χ4n) is 5.46. The van der Waals surface area contributed by atoms with Gasteiger partial charge >= 0.3 is 0 Å². The van der Waals surface area contributed by atoms with E-state index in [1.54, 1.807) is 4.90 Å². The second-order valence-corrected chi connectivity index (χ2v) is 12.5. The van der Waals surface area contributed by atoms with E-state index in [-0.39, 0.29) is 126 Å². The van der Waals surface area contributed by atoms with Gasteiger partial charge in [-0.2, -0.15) is 0 Å². The van der Waals surface area contributed by atoms with Crippen LogP contribution in [-0.4, -0.2) is 105 Å². The number of nitrogens with one attached hydrogen (secondary N) is 4. The highest BCUT2D eigenvalue weighted by Crippen LogP contribution is 2.33. The Morgan fingerprint density at radius 1 is 1.00 bits per heavy atom. The number of carbonyl (C=O) groups is 4. The molecule has 0 aromatic rings. The molecule has 4 N–H and O–H groups in total. The average Bonchev–Trinajstić information content (AvgIpc) is 3.30. The first-order valence-corrected chi connectivity index (χ1v) is 14.8. The summed E-state index contributed by atoms with van der Waals surface area (Å²) in [5.74, 6) is -3.71. The smallest absolute Gasteiger partial charge is 0.248 e. The summed E-state index contributed by atoms with van der Waals surface area (Å²) >= 11 is 0. The Bertz CT molecular complexity index is 905. The second-order valence-electron chi connectivity index (χ2n) is 12.5. The molecule has 13 heteroatoms. The summed E-state index contributed by atoms with van der Waals surface area (Å²) in [6.45, 7) is 7.12. The lowest BCUT2D eigenvalue weighted by Crippen LogP contribution is -2.51. The molecule has 0 spiro atoms. The molecule has 1 aliphatic carbocycles. The lowest BCUT2D eigenvalue weighted by atomic mass is 9.91. The molecule has 0 unspecified atom stereocenters. The van der Waals surface area contributed by atoms with Gasteiger partial charge in [0.15, 0.2) is 0 Å². The minimum Gasteiger partial charge on any atom is -0.377 e. The number of ether oxygens (including phenoxy) is 2. The predicted octanol–water partition coefficient (Wildman–Crippen LogP) is 1.10. The highest BCUT2D eigenvalue weighted by molar-refractivity contribution is 5.89. The maximum atomic E-state index is 13.6. The number of rotatable bonds is 3. The third kappa shape index (κ3) is 11.4. The lowest BCUT2D eigenvalue weighted by Gasteiger charge is -2.31. The van der Waals surface area contributed by atoms with Gasteiger partial charge in [0.2, 0.25) is 29.6 Å². The maximum Gasteiger partial charge on any atom is 0.248 e. The van der Waals surface area contributed by atoms with Gasteiger partial charge in [-0.25, -0.2) is 8.78 Å². The van der Waals surface area contributed by atoms with Crippen LogP contribution in [0.2, 0.25) is 0 Å². The van der Waals surface area contributed by atoms with E-state index in [1.807, 2.05) is 20.8 Å². The maximum absolute atomic E-state index is 13.6. The van der Waals surface area contributed by atoms with E-state index in [9.17, 15) is 28.0 Å². The van der Waals surface area contributed by atoms with Crippen molar-refractivity contribution in [1.82, 2.24) is 26.2 Å². The second kappa shape index (κ2) is 15.2. The van der Waals surface area contributed by atoms with Crippen LogP contribution in [-0.2, 0) is 28.7 Å². The number of nitrogens with zero attached hydrogens (tertiary/aromatic N) is 1. The molecule has 3 aliphatic rings. The molecule has 2 aliphatic heterocycles. The highest BCUT2D eigenvalue weighted by atomic mass is 19.3. The van der Waals surface area contributed by atoms with Crippen molar-refractivity contribution < 1.29 is 37.4 Å². The van der Waals surface area contributed by atoms with E-state index < -0.39 is 18.0 Å². The van der Waals surface area contributed by atoms with Crippen molar-refractivity contribution in [3.8, 4) is 0 Å². The summed E-state index contributed by atoms with van der Waals surface area (Å²) in [4.78, 5) is 53.2. The summed E-state index contributed by atoms with van der Waals surface area (Å²) in [5.41, 5.74) is -0.268. The molecular formula is C28H47F2N5O6.